The van der Waals surface area contributed by atoms with Crippen molar-refractivity contribution >= 4 is 11.8 Å². The van der Waals surface area contributed by atoms with Gasteiger partial charge in [-0.15, -0.1) is 0 Å². The third kappa shape index (κ3) is 3.94. The zero-order valence-corrected chi connectivity index (χ0v) is 14.0. The number of carbonyl (C=O) groups is 2. The van der Waals surface area contributed by atoms with Crippen LogP contribution in [0.15, 0.2) is 30.3 Å². The zero-order valence-electron chi connectivity index (χ0n) is 14.0. The van der Waals surface area contributed by atoms with Gasteiger partial charge in [-0.25, -0.2) is 0 Å². The first kappa shape index (κ1) is 16.9. The van der Waals surface area contributed by atoms with Crippen LogP contribution in [0.3, 0.4) is 0 Å². The molecule has 2 atom stereocenters. The van der Waals surface area contributed by atoms with Crippen molar-refractivity contribution in [1.29, 1.82) is 0 Å². The molecule has 1 spiro atoms. The van der Waals surface area contributed by atoms with Crippen LogP contribution >= 0.6 is 0 Å². The number of likely N-dealkylation sites (N-methyl/N-ethyl adjacent to an activating group) is 1. The van der Waals surface area contributed by atoms with Gasteiger partial charge in [-0.1, -0.05) is 30.3 Å². The van der Waals surface area contributed by atoms with Gasteiger partial charge in [-0.05, 0) is 12.0 Å². The van der Waals surface area contributed by atoms with Crippen LogP contribution in [0.2, 0.25) is 0 Å². The molecule has 2 fully saturated rings. The van der Waals surface area contributed by atoms with E-state index in [9.17, 15) is 9.59 Å². The maximum atomic E-state index is 12.5. The molecule has 130 valence electrons. The second-order valence-corrected chi connectivity index (χ2v) is 6.53. The predicted octanol–water partition coefficient (Wildman–Crippen LogP) is 0.752. The second kappa shape index (κ2) is 7.32. The van der Waals surface area contributed by atoms with Crippen molar-refractivity contribution < 1.29 is 19.1 Å². The van der Waals surface area contributed by atoms with Crippen molar-refractivity contribution in [2.24, 2.45) is 0 Å². The van der Waals surface area contributed by atoms with Crippen LogP contribution in [-0.4, -0.2) is 61.8 Å². The van der Waals surface area contributed by atoms with E-state index in [0.29, 0.717) is 26.1 Å². The molecule has 6 nitrogen and oxygen atoms in total. The number of amides is 2. The highest BCUT2D eigenvalue weighted by Crippen LogP contribution is 2.36. The fourth-order valence-electron chi connectivity index (χ4n) is 3.40. The van der Waals surface area contributed by atoms with Crippen LogP contribution in [0.4, 0.5) is 0 Å². The van der Waals surface area contributed by atoms with E-state index in [-0.39, 0.29) is 30.1 Å². The lowest BCUT2D eigenvalue weighted by atomic mass is 9.98. The summed E-state index contributed by atoms with van der Waals surface area (Å²) in [7, 11) is 1.59. The van der Waals surface area contributed by atoms with Gasteiger partial charge in [-0.3, -0.25) is 9.59 Å². The number of rotatable bonds is 5. The molecular weight excluding hydrogens is 308 g/mol. The summed E-state index contributed by atoms with van der Waals surface area (Å²) in [5, 5.41) is 2.54. The molecule has 2 aliphatic rings. The van der Waals surface area contributed by atoms with Crippen LogP contribution in [0.25, 0.3) is 0 Å². The van der Waals surface area contributed by atoms with E-state index in [4.69, 9.17) is 9.47 Å². The van der Waals surface area contributed by atoms with E-state index in [2.05, 4.69) is 5.32 Å². The third-order valence-corrected chi connectivity index (χ3v) is 4.77. The molecular formula is C18H24N2O4. The first-order valence-electron chi connectivity index (χ1n) is 8.38. The zero-order chi connectivity index (χ0) is 17.0. The Bertz CT molecular complexity index is 592. The van der Waals surface area contributed by atoms with Gasteiger partial charge in [0, 0.05) is 26.6 Å². The van der Waals surface area contributed by atoms with Crippen molar-refractivity contribution in [3.05, 3.63) is 35.9 Å². The number of ether oxygens (including phenoxy) is 2. The Morgan fingerprint density at radius 3 is 2.92 bits per heavy atom. The Morgan fingerprint density at radius 1 is 1.38 bits per heavy atom. The Hall–Kier alpha value is -1.92. The van der Waals surface area contributed by atoms with Gasteiger partial charge in [0.05, 0.1) is 24.7 Å². The summed E-state index contributed by atoms with van der Waals surface area (Å²) < 4.78 is 11.6. The predicted molar refractivity (Wildman–Crippen MR) is 88.4 cm³/mol. The molecule has 0 unspecified atom stereocenters. The first-order valence-corrected chi connectivity index (χ1v) is 8.38. The van der Waals surface area contributed by atoms with E-state index in [1.54, 1.807) is 7.05 Å². The summed E-state index contributed by atoms with van der Waals surface area (Å²) in [4.78, 5) is 25.6. The average molecular weight is 332 g/mol. The topological polar surface area (TPSA) is 67.9 Å². The fraction of sp³-hybridized carbons (Fsp3) is 0.556. The Labute approximate surface area is 142 Å². The summed E-state index contributed by atoms with van der Waals surface area (Å²) in [6.07, 6.45) is 1.91. The standard InChI is InChI=1S/C18H24N2O4/c1-19-16(21)12-23-15-10-18(24-11-15)7-8-20(13-18)17(22)9-14-5-3-2-4-6-14/h2-6,15H,7-13H2,1H3,(H,19,21)/t15-,18+/m0/s1. The summed E-state index contributed by atoms with van der Waals surface area (Å²) in [5.41, 5.74) is 0.724. The largest absolute Gasteiger partial charge is 0.370 e. The van der Waals surface area contributed by atoms with E-state index in [1.807, 2.05) is 35.2 Å². The first-order chi connectivity index (χ1) is 11.6. The Kier molecular flexibility index (Phi) is 5.16. The molecule has 6 heteroatoms. The number of nitrogens with zero attached hydrogens (tertiary/aromatic N) is 1. The van der Waals surface area contributed by atoms with Crippen molar-refractivity contribution in [1.82, 2.24) is 10.2 Å². The highest BCUT2D eigenvalue weighted by molar-refractivity contribution is 5.79. The number of carbonyl (C=O) groups excluding carboxylic acids is 2. The van der Waals surface area contributed by atoms with Crippen LogP contribution in [0, 0.1) is 0 Å². The van der Waals surface area contributed by atoms with Crippen LogP contribution < -0.4 is 5.32 Å². The van der Waals surface area contributed by atoms with E-state index >= 15 is 0 Å². The molecule has 3 rings (SSSR count). The SMILES string of the molecule is CNC(=O)CO[C@@H]1CO[C@]2(CCN(C(=O)Cc3ccccc3)C2)C1. The molecule has 0 aliphatic carbocycles. The quantitative estimate of drug-likeness (QED) is 0.864. The van der Waals surface area contributed by atoms with Crippen molar-refractivity contribution in [2.45, 2.75) is 31.0 Å². The van der Waals surface area contributed by atoms with Crippen LogP contribution in [0.5, 0.6) is 0 Å². The minimum absolute atomic E-state index is 0.0528. The molecule has 0 bridgehead atoms. The maximum absolute atomic E-state index is 12.5. The minimum Gasteiger partial charge on any atom is -0.370 e. The summed E-state index contributed by atoms with van der Waals surface area (Å²) >= 11 is 0. The fourth-order valence-corrected chi connectivity index (χ4v) is 3.40. The summed E-state index contributed by atoms with van der Waals surface area (Å²) in [6.45, 7) is 1.86. The van der Waals surface area contributed by atoms with Crippen molar-refractivity contribution in [2.75, 3.05) is 33.4 Å². The Balaban J connectivity index is 1.50. The summed E-state index contributed by atoms with van der Waals surface area (Å²) in [6, 6.07) is 9.78. The van der Waals surface area contributed by atoms with Gasteiger partial charge >= 0.3 is 0 Å². The number of likely N-dealkylation sites (tertiary alicyclic amines) is 1. The van der Waals surface area contributed by atoms with Crippen molar-refractivity contribution in [3.8, 4) is 0 Å². The third-order valence-electron chi connectivity index (χ3n) is 4.77. The lowest BCUT2D eigenvalue weighted by Crippen LogP contribution is -2.36. The highest BCUT2D eigenvalue weighted by atomic mass is 16.6. The highest BCUT2D eigenvalue weighted by Gasteiger charge is 2.47. The van der Waals surface area contributed by atoms with E-state index in [1.165, 1.54) is 0 Å². The smallest absolute Gasteiger partial charge is 0.245 e. The minimum atomic E-state index is -0.306. The van der Waals surface area contributed by atoms with Gasteiger partial charge in [0.2, 0.25) is 11.8 Å². The average Bonchev–Trinajstić information content (AvgIpc) is 3.21. The van der Waals surface area contributed by atoms with Gasteiger partial charge in [-0.2, -0.15) is 0 Å². The summed E-state index contributed by atoms with van der Waals surface area (Å²) in [5.74, 6) is -0.00144. The molecule has 0 saturated carbocycles. The normalized spacial score (nSPS) is 26.0. The molecule has 0 aromatic heterocycles. The van der Waals surface area contributed by atoms with Gasteiger partial charge in [0.25, 0.3) is 0 Å². The van der Waals surface area contributed by atoms with Crippen LogP contribution in [0.1, 0.15) is 18.4 Å². The molecule has 1 aromatic rings. The van der Waals surface area contributed by atoms with Crippen LogP contribution in [-0.2, 0) is 25.5 Å². The molecule has 1 aromatic carbocycles. The van der Waals surface area contributed by atoms with E-state index in [0.717, 1.165) is 18.4 Å². The van der Waals surface area contributed by atoms with E-state index < -0.39 is 0 Å². The number of nitrogens with one attached hydrogen (secondary N) is 1. The molecule has 2 saturated heterocycles. The molecule has 24 heavy (non-hydrogen) atoms. The molecule has 1 N–H and O–H groups in total. The van der Waals surface area contributed by atoms with Crippen molar-refractivity contribution in [3.63, 3.8) is 0 Å². The number of benzene rings is 1. The lowest BCUT2D eigenvalue weighted by molar-refractivity contribution is -0.130. The second-order valence-electron chi connectivity index (χ2n) is 6.53. The molecule has 2 heterocycles. The Morgan fingerprint density at radius 2 is 2.17 bits per heavy atom. The maximum Gasteiger partial charge on any atom is 0.245 e. The van der Waals surface area contributed by atoms with Gasteiger partial charge in [0.1, 0.15) is 6.61 Å². The lowest BCUT2D eigenvalue weighted by Gasteiger charge is -2.23. The number of hydrogen-bond acceptors (Lipinski definition) is 4. The monoisotopic (exact) mass is 332 g/mol. The molecule has 2 aliphatic heterocycles. The number of hydrogen-bond donors (Lipinski definition) is 1. The molecule has 0 radical (unpaired) electrons. The van der Waals surface area contributed by atoms with Gasteiger partial charge in [0.15, 0.2) is 0 Å². The molecule has 2 amide bonds. The van der Waals surface area contributed by atoms with Gasteiger partial charge < -0.3 is 19.7 Å².